The van der Waals surface area contributed by atoms with Crippen LogP contribution in [0, 0.1) is 5.92 Å². The molecule has 0 spiro atoms. The van der Waals surface area contributed by atoms with Crippen LogP contribution in [0.25, 0.3) is 60.9 Å². The van der Waals surface area contributed by atoms with Crippen molar-refractivity contribution in [1.82, 2.24) is 4.57 Å². The standard InChI is InChI=1S/C55H42N2/c1-39-37-50(57-54-21-10-8-19-52(54)53-20-9-11-22-55(53)57)35-36-51(39)44-27-33-49(34-28-44)56(47-29-23-42(24-30-47)40-13-4-2-5-14-40)48-31-25-43(26-32-48)46-18-12-17-45(38-46)41-15-6-3-7-16-41/h2-39,51H,1H3. The highest BCUT2D eigenvalue weighted by atomic mass is 15.1. The van der Waals surface area contributed by atoms with Gasteiger partial charge in [0.15, 0.2) is 0 Å². The Bertz CT molecular complexity index is 2830. The first-order valence-electron chi connectivity index (χ1n) is 19.9. The van der Waals surface area contributed by atoms with E-state index in [1.54, 1.807) is 0 Å². The quantitative estimate of drug-likeness (QED) is 0.151. The summed E-state index contributed by atoms with van der Waals surface area (Å²) in [6.07, 6.45) is 7.15. The first-order chi connectivity index (χ1) is 28.2. The number of nitrogens with zero attached hydrogens (tertiary/aromatic N) is 2. The second-order valence-electron chi connectivity index (χ2n) is 15.0. The Morgan fingerprint density at radius 2 is 0.825 bits per heavy atom. The van der Waals surface area contributed by atoms with Crippen molar-refractivity contribution < 1.29 is 0 Å². The lowest BCUT2D eigenvalue weighted by Gasteiger charge is -2.28. The highest BCUT2D eigenvalue weighted by molar-refractivity contribution is 6.10. The third kappa shape index (κ3) is 6.56. The van der Waals surface area contributed by atoms with Gasteiger partial charge < -0.3 is 9.47 Å². The number of allylic oxidation sites excluding steroid dienone is 4. The van der Waals surface area contributed by atoms with E-state index in [9.17, 15) is 0 Å². The summed E-state index contributed by atoms with van der Waals surface area (Å²) >= 11 is 0. The highest BCUT2D eigenvalue weighted by Crippen LogP contribution is 2.41. The SMILES string of the molecule is CC1C=C(n2c3ccccc3c3ccccc32)C=CC1c1ccc(N(c2ccc(-c3ccccc3)cc2)c2ccc(-c3cccc(-c4ccccc4)c3)cc2)cc1. The molecule has 0 aliphatic heterocycles. The zero-order valence-corrected chi connectivity index (χ0v) is 31.9. The number of fused-ring (bicyclic) bond motifs is 3. The Hall–Kier alpha value is -7.16. The zero-order chi connectivity index (χ0) is 38.1. The van der Waals surface area contributed by atoms with E-state index in [-0.39, 0.29) is 5.92 Å². The summed E-state index contributed by atoms with van der Waals surface area (Å²) in [5, 5.41) is 2.58. The second-order valence-corrected chi connectivity index (χ2v) is 15.0. The Balaban J connectivity index is 0.966. The van der Waals surface area contributed by atoms with Crippen LogP contribution in [0.4, 0.5) is 17.1 Å². The lowest BCUT2D eigenvalue weighted by molar-refractivity contribution is 0.635. The van der Waals surface area contributed by atoms with Crippen molar-refractivity contribution in [3.8, 4) is 33.4 Å². The van der Waals surface area contributed by atoms with E-state index in [0.717, 1.165) is 17.1 Å². The van der Waals surface area contributed by atoms with Gasteiger partial charge in [-0.1, -0.05) is 171 Å². The average molecular weight is 731 g/mol. The van der Waals surface area contributed by atoms with Crippen LogP contribution in [0.15, 0.2) is 224 Å². The van der Waals surface area contributed by atoms with Crippen LogP contribution in [-0.4, -0.2) is 4.57 Å². The van der Waals surface area contributed by atoms with Gasteiger partial charge in [0.1, 0.15) is 0 Å². The van der Waals surface area contributed by atoms with Crippen LogP contribution in [-0.2, 0) is 0 Å². The van der Waals surface area contributed by atoms with Crippen LogP contribution < -0.4 is 4.90 Å². The molecule has 9 aromatic rings. The van der Waals surface area contributed by atoms with E-state index >= 15 is 0 Å². The van der Waals surface area contributed by atoms with Gasteiger partial charge in [0.2, 0.25) is 0 Å². The smallest absolute Gasteiger partial charge is 0.0540 e. The number of para-hydroxylation sites is 2. The van der Waals surface area contributed by atoms with Crippen LogP contribution in [0.5, 0.6) is 0 Å². The number of hydrogen-bond donors (Lipinski definition) is 0. The monoisotopic (exact) mass is 730 g/mol. The summed E-state index contributed by atoms with van der Waals surface area (Å²) in [4.78, 5) is 2.36. The summed E-state index contributed by atoms with van der Waals surface area (Å²) in [6.45, 7) is 2.34. The molecule has 10 rings (SSSR count). The molecule has 8 aromatic carbocycles. The molecule has 0 bridgehead atoms. The third-order valence-corrected chi connectivity index (χ3v) is 11.5. The molecule has 0 radical (unpaired) electrons. The Morgan fingerprint density at radius 1 is 0.404 bits per heavy atom. The summed E-state index contributed by atoms with van der Waals surface area (Å²) in [5.41, 5.74) is 15.6. The van der Waals surface area contributed by atoms with Crippen LogP contribution in [0.3, 0.4) is 0 Å². The van der Waals surface area contributed by atoms with Crippen molar-refractivity contribution in [2.45, 2.75) is 12.8 Å². The topological polar surface area (TPSA) is 8.17 Å². The molecule has 0 N–H and O–H groups in total. The number of hydrogen-bond acceptors (Lipinski definition) is 1. The number of aromatic nitrogens is 1. The maximum Gasteiger partial charge on any atom is 0.0540 e. The molecule has 0 saturated heterocycles. The Morgan fingerprint density at radius 3 is 1.35 bits per heavy atom. The minimum absolute atomic E-state index is 0.278. The molecule has 2 nitrogen and oxygen atoms in total. The van der Waals surface area contributed by atoms with Crippen molar-refractivity contribution in [1.29, 1.82) is 0 Å². The molecule has 1 aliphatic rings. The Labute approximate surface area is 334 Å². The maximum atomic E-state index is 2.44. The van der Waals surface area contributed by atoms with E-state index in [4.69, 9.17) is 0 Å². The van der Waals surface area contributed by atoms with Crippen molar-refractivity contribution in [3.05, 3.63) is 230 Å². The largest absolute Gasteiger partial charge is 0.311 e. The van der Waals surface area contributed by atoms with Crippen molar-refractivity contribution in [2.24, 2.45) is 5.92 Å². The van der Waals surface area contributed by atoms with Crippen LogP contribution >= 0.6 is 0 Å². The number of rotatable bonds is 8. The lowest BCUT2D eigenvalue weighted by atomic mass is 9.83. The number of anilines is 3. The molecule has 2 atom stereocenters. The fourth-order valence-corrected chi connectivity index (χ4v) is 8.61. The molecule has 1 aromatic heterocycles. The zero-order valence-electron chi connectivity index (χ0n) is 31.9. The van der Waals surface area contributed by atoms with E-state index in [1.807, 2.05) is 0 Å². The van der Waals surface area contributed by atoms with Gasteiger partial charge in [0, 0.05) is 39.4 Å². The van der Waals surface area contributed by atoms with Crippen molar-refractivity contribution >= 4 is 44.6 Å². The van der Waals surface area contributed by atoms with Gasteiger partial charge in [0.05, 0.1) is 11.0 Å². The Kier molecular flexibility index (Phi) is 8.93. The average Bonchev–Trinajstić information content (AvgIpc) is 3.62. The summed E-state index contributed by atoms with van der Waals surface area (Å²) < 4.78 is 2.42. The van der Waals surface area contributed by atoms with Crippen LogP contribution in [0.1, 0.15) is 18.4 Å². The van der Waals surface area contributed by atoms with E-state index in [0.29, 0.717) is 5.92 Å². The van der Waals surface area contributed by atoms with Crippen LogP contribution in [0.2, 0.25) is 0 Å². The summed E-state index contributed by atoms with van der Waals surface area (Å²) in [6, 6.07) is 74.6. The van der Waals surface area contributed by atoms with Gasteiger partial charge in [-0.25, -0.2) is 0 Å². The molecule has 57 heavy (non-hydrogen) atoms. The molecule has 1 heterocycles. The van der Waals surface area contributed by atoms with E-state index in [1.165, 1.54) is 66.4 Å². The van der Waals surface area contributed by atoms with E-state index in [2.05, 4.69) is 241 Å². The first kappa shape index (κ1) is 34.3. The fraction of sp³-hybridized carbons (Fsp3) is 0.0545. The molecule has 1 aliphatic carbocycles. The molecular formula is C55H42N2. The van der Waals surface area contributed by atoms with E-state index < -0.39 is 0 Å². The normalized spacial score (nSPS) is 15.1. The van der Waals surface area contributed by atoms with Gasteiger partial charge in [0.25, 0.3) is 0 Å². The van der Waals surface area contributed by atoms with Gasteiger partial charge in [-0.2, -0.15) is 0 Å². The third-order valence-electron chi connectivity index (χ3n) is 11.5. The minimum atomic E-state index is 0.278. The molecule has 0 amide bonds. The molecule has 0 saturated carbocycles. The second kappa shape index (κ2) is 14.8. The molecule has 272 valence electrons. The van der Waals surface area contributed by atoms with Gasteiger partial charge >= 0.3 is 0 Å². The fourth-order valence-electron chi connectivity index (χ4n) is 8.61. The lowest BCUT2D eigenvalue weighted by Crippen LogP contribution is -2.12. The number of benzene rings is 8. The predicted octanol–water partition coefficient (Wildman–Crippen LogP) is 15.1. The van der Waals surface area contributed by atoms with Gasteiger partial charge in [-0.3, -0.25) is 0 Å². The first-order valence-corrected chi connectivity index (χ1v) is 19.9. The van der Waals surface area contributed by atoms with Gasteiger partial charge in [-0.05, 0) is 106 Å². The van der Waals surface area contributed by atoms with Gasteiger partial charge in [-0.15, -0.1) is 0 Å². The van der Waals surface area contributed by atoms with Crippen molar-refractivity contribution in [3.63, 3.8) is 0 Å². The maximum absolute atomic E-state index is 2.44. The summed E-state index contributed by atoms with van der Waals surface area (Å²) in [5.74, 6) is 0.603. The molecular weight excluding hydrogens is 689 g/mol. The molecule has 2 unspecified atom stereocenters. The predicted molar refractivity (Wildman–Crippen MR) is 242 cm³/mol. The van der Waals surface area contributed by atoms with Crippen molar-refractivity contribution in [2.75, 3.05) is 4.90 Å². The summed E-state index contributed by atoms with van der Waals surface area (Å²) in [7, 11) is 0. The highest BCUT2D eigenvalue weighted by Gasteiger charge is 2.22. The molecule has 0 fully saturated rings. The molecule has 2 heteroatoms. The minimum Gasteiger partial charge on any atom is -0.311 e.